The Bertz CT molecular complexity index is 657. The van der Waals surface area contributed by atoms with Crippen LogP contribution >= 0.6 is 0 Å². The molecule has 0 aliphatic heterocycles. The molecule has 0 saturated carbocycles. The third kappa shape index (κ3) is 5.85. The molecular weight excluding hydrogens is 330 g/mol. The van der Waals surface area contributed by atoms with Crippen molar-refractivity contribution < 1.29 is 18.2 Å². The van der Waals surface area contributed by atoms with Crippen LogP contribution in [-0.4, -0.2) is 39.0 Å². The van der Waals surface area contributed by atoms with E-state index < -0.39 is 14.9 Å². The van der Waals surface area contributed by atoms with E-state index in [-0.39, 0.29) is 16.6 Å². The zero-order valence-electron chi connectivity index (χ0n) is 14.8. The van der Waals surface area contributed by atoms with Crippen molar-refractivity contribution in [3.63, 3.8) is 0 Å². The number of sulfonamides is 1. The van der Waals surface area contributed by atoms with Gasteiger partial charge in [-0.3, -0.25) is 10.1 Å². The topological polar surface area (TPSA) is 93.8 Å². The van der Waals surface area contributed by atoms with Gasteiger partial charge in [0.05, 0.1) is 29.5 Å². The lowest BCUT2D eigenvalue weighted by Crippen LogP contribution is -3.11. The van der Waals surface area contributed by atoms with Crippen LogP contribution in [0.2, 0.25) is 0 Å². The first kappa shape index (κ1) is 20.5. The number of nitro benzene ring substituents is 1. The number of nitro groups is 1. The number of hydrogen-bond acceptors (Lipinski definition) is 4. The summed E-state index contributed by atoms with van der Waals surface area (Å²) in [5, 5.41) is 11.0. The minimum absolute atomic E-state index is 0.0685. The molecule has 1 aromatic carbocycles. The molecule has 1 rings (SSSR count). The molecule has 0 aliphatic carbocycles. The van der Waals surface area contributed by atoms with Crippen molar-refractivity contribution in [1.29, 1.82) is 0 Å². The van der Waals surface area contributed by atoms with Gasteiger partial charge in [-0.05, 0) is 46.6 Å². The Hall–Kier alpha value is -1.51. The summed E-state index contributed by atoms with van der Waals surface area (Å²) in [6, 6.07) is 3.76. The highest BCUT2D eigenvalue weighted by atomic mass is 32.2. The van der Waals surface area contributed by atoms with Gasteiger partial charge in [0.15, 0.2) is 0 Å². The number of aryl methyl sites for hydroxylation is 1. The maximum atomic E-state index is 12.4. The lowest BCUT2D eigenvalue weighted by molar-refractivity contribution is -0.896. The molecule has 0 aromatic heterocycles. The van der Waals surface area contributed by atoms with Gasteiger partial charge in [0.1, 0.15) is 0 Å². The molecule has 0 saturated heterocycles. The largest absolute Gasteiger partial charge is 0.335 e. The van der Waals surface area contributed by atoms with Gasteiger partial charge in [0.25, 0.3) is 5.69 Å². The summed E-state index contributed by atoms with van der Waals surface area (Å²) in [5.74, 6) is 0. The van der Waals surface area contributed by atoms with Gasteiger partial charge >= 0.3 is 0 Å². The molecule has 0 radical (unpaired) electrons. The Balaban J connectivity index is 2.72. The zero-order chi connectivity index (χ0) is 18.3. The Kier molecular flexibility index (Phi) is 7.78. The van der Waals surface area contributed by atoms with Crippen molar-refractivity contribution in [2.75, 3.05) is 19.6 Å². The molecule has 1 aromatic rings. The molecule has 2 N–H and O–H groups in total. The van der Waals surface area contributed by atoms with Crippen molar-refractivity contribution in [2.24, 2.45) is 0 Å². The fraction of sp³-hybridized carbons (Fsp3) is 0.625. The maximum Gasteiger partial charge on any atom is 0.273 e. The SMILES string of the molecule is CC[NH+](CC)CCC[C@H](C)NS(=O)(=O)c1ccc(C)c([N+](=O)[O-])c1. The molecule has 0 unspecified atom stereocenters. The van der Waals surface area contributed by atoms with Crippen LogP contribution in [0.4, 0.5) is 5.69 Å². The Morgan fingerprint density at radius 2 is 1.92 bits per heavy atom. The first-order chi connectivity index (χ1) is 11.2. The molecule has 0 spiro atoms. The van der Waals surface area contributed by atoms with E-state index in [1.807, 2.05) is 6.92 Å². The zero-order valence-corrected chi connectivity index (χ0v) is 15.6. The number of rotatable bonds is 10. The van der Waals surface area contributed by atoms with E-state index in [0.29, 0.717) is 5.56 Å². The van der Waals surface area contributed by atoms with Gasteiger partial charge < -0.3 is 4.90 Å². The average Bonchev–Trinajstić information content (AvgIpc) is 2.51. The van der Waals surface area contributed by atoms with Crippen LogP contribution < -0.4 is 9.62 Å². The van der Waals surface area contributed by atoms with Gasteiger partial charge in [-0.1, -0.05) is 6.07 Å². The summed E-state index contributed by atoms with van der Waals surface area (Å²) in [7, 11) is -3.76. The Morgan fingerprint density at radius 3 is 2.46 bits per heavy atom. The number of benzene rings is 1. The fourth-order valence-electron chi connectivity index (χ4n) is 2.61. The monoisotopic (exact) mass is 358 g/mol. The highest BCUT2D eigenvalue weighted by Crippen LogP contribution is 2.22. The Morgan fingerprint density at radius 1 is 1.29 bits per heavy atom. The maximum absolute atomic E-state index is 12.4. The number of hydrogen-bond donors (Lipinski definition) is 2. The standard InChI is InChI=1S/C16H27N3O4S/c1-5-18(6-2)11-7-8-14(4)17-24(22,23)15-10-9-13(3)16(12-15)19(20)21/h9-10,12,14,17H,5-8,11H2,1-4H3/p+1/t14-/m0/s1. The highest BCUT2D eigenvalue weighted by Gasteiger charge is 2.21. The smallest absolute Gasteiger partial charge is 0.273 e. The Labute approximate surface area is 144 Å². The van der Waals surface area contributed by atoms with Crippen molar-refractivity contribution in [2.45, 2.75) is 51.5 Å². The lowest BCUT2D eigenvalue weighted by atomic mass is 10.2. The summed E-state index contributed by atoms with van der Waals surface area (Å²) in [6.45, 7) is 10.8. The second-order valence-electron chi connectivity index (χ2n) is 6.08. The molecule has 0 bridgehead atoms. The van der Waals surface area contributed by atoms with Gasteiger partial charge in [-0.15, -0.1) is 0 Å². The van der Waals surface area contributed by atoms with E-state index in [9.17, 15) is 18.5 Å². The minimum Gasteiger partial charge on any atom is -0.335 e. The quantitative estimate of drug-likeness (QED) is 0.487. The number of nitrogens with one attached hydrogen (secondary N) is 2. The van der Waals surface area contributed by atoms with Crippen LogP contribution in [0.15, 0.2) is 23.1 Å². The first-order valence-corrected chi connectivity index (χ1v) is 9.80. The fourth-order valence-corrected chi connectivity index (χ4v) is 3.90. The van der Waals surface area contributed by atoms with E-state index in [0.717, 1.165) is 38.5 Å². The van der Waals surface area contributed by atoms with Gasteiger partial charge in [-0.25, -0.2) is 13.1 Å². The van der Waals surface area contributed by atoms with E-state index in [4.69, 9.17) is 0 Å². The molecule has 136 valence electrons. The summed E-state index contributed by atoms with van der Waals surface area (Å²) in [5.41, 5.74) is 0.254. The van der Waals surface area contributed by atoms with E-state index >= 15 is 0 Å². The first-order valence-electron chi connectivity index (χ1n) is 8.32. The summed E-state index contributed by atoms with van der Waals surface area (Å²) < 4.78 is 27.4. The highest BCUT2D eigenvalue weighted by molar-refractivity contribution is 7.89. The van der Waals surface area contributed by atoms with Crippen molar-refractivity contribution in [3.05, 3.63) is 33.9 Å². The second kappa shape index (κ2) is 9.10. The molecule has 0 aliphatic rings. The van der Waals surface area contributed by atoms with Gasteiger partial charge in [-0.2, -0.15) is 0 Å². The van der Waals surface area contributed by atoms with Gasteiger partial charge in [0.2, 0.25) is 10.0 Å². The summed E-state index contributed by atoms with van der Waals surface area (Å²) in [6.07, 6.45) is 1.66. The van der Waals surface area contributed by atoms with Crippen LogP contribution in [-0.2, 0) is 10.0 Å². The van der Waals surface area contributed by atoms with E-state index in [1.54, 1.807) is 6.92 Å². The summed E-state index contributed by atoms with van der Waals surface area (Å²) in [4.78, 5) is 11.8. The molecule has 8 heteroatoms. The third-order valence-corrected chi connectivity index (χ3v) is 5.80. The van der Waals surface area contributed by atoms with Crippen molar-refractivity contribution in [1.82, 2.24) is 4.72 Å². The van der Waals surface area contributed by atoms with Crippen LogP contribution in [0.3, 0.4) is 0 Å². The van der Waals surface area contributed by atoms with E-state index in [2.05, 4.69) is 18.6 Å². The normalized spacial score (nSPS) is 13.2. The van der Waals surface area contributed by atoms with Crippen LogP contribution in [0.1, 0.15) is 39.2 Å². The second-order valence-corrected chi connectivity index (χ2v) is 7.79. The molecule has 0 fully saturated rings. The lowest BCUT2D eigenvalue weighted by Gasteiger charge is -2.18. The van der Waals surface area contributed by atoms with Crippen LogP contribution in [0.25, 0.3) is 0 Å². The molecule has 7 nitrogen and oxygen atoms in total. The summed E-state index contributed by atoms with van der Waals surface area (Å²) >= 11 is 0. The molecule has 24 heavy (non-hydrogen) atoms. The number of quaternary nitrogens is 1. The van der Waals surface area contributed by atoms with Crippen LogP contribution in [0, 0.1) is 17.0 Å². The third-order valence-electron chi connectivity index (χ3n) is 4.21. The average molecular weight is 358 g/mol. The van der Waals surface area contributed by atoms with Crippen molar-refractivity contribution in [3.8, 4) is 0 Å². The van der Waals surface area contributed by atoms with Gasteiger partial charge in [0, 0.05) is 17.7 Å². The van der Waals surface area contributed by atoms with Crippen molar-refractivity contribution >= 4 is 15.7 Å². The van der Waals surface area contributed by atoms with Crippen LogP contribution in [0.5, 0.6) is 0 Å². The predicted octanol–water partition coefficient (Wildman–Crippen LogP) is 1.27. The van der Waals surface area contributed by atoms with E-state index in [1.165, 1.54) is 17.0 Å². The molecule has 1 atom stereocenters. The molecule has 0 amide bonds. The molecule has 0 heterocycles. The predicted molar refractivity (Wildman–Crippen MR) is 93.8 cm³/mol. The minimum atomic E-state index is -3.76. The number of nitrogens with zero attached hydrogens (tertiary/aromatic N) is 1. The molecular formula is C16H28N3O4S+.